The smallest absolute Gasteiger partial charge is 0.00433 e. The van der Waals surface area contributed by atoms with Gasteiger partial charge in [0.2, 0.25) is 0 Å². The Morgan fingerprint density at radius 1 is 1.30 bits per heavy atom. The van der Waals surface area contributed by atoms with Crippen LogP contribution in [0.15, 0.2) is 11.4 Å². The molecule has 0 bridgehead atoms. The van der Waals surface area contributed by atoms with E-state index in [-0.39, 0.29) is 0 Å². The summed E-state index contributed by atoms with van der Waals surface area (Å²) in [6.45, 7) is 8.52. The molecule has 1 rings (SSSR count). The maximum Gasteiger partial charge on any atom is 0.00433 e. The van der Waals surface area contributed by atoms with Crippen LogP contribution in [0.2, 0.25) is 0 Å². The van der Waals surface area contributed by atoms with Crippen molar-refractivity contribution in [3.8, 4) is 0 Å². The van der Waals surface area contributed by atoms with Gasteiger partial charge in [0.25, 0.3) is 0 Å². The maximum atomic E-state index is 2.14. The molecule has 0 fully saturated rings. The van der Waals surface area contributed by atoms with E-state index in [1.807, 2.05) is 0 Å². The lowest BCUT2D eigenvalue weighted by atomic mass is 10.3. The highest BCUT2D eigenvalue weighted by atomic mass is 32.1. The zero-order valence-electron chi connectivity index (χ0n) is 7.27. The molecular formula is C9H16S. The molecule has 0 radical (unpaired) electrons. The lowest BCUT2D eigenvalue weighted by molar-refractivity contribution is 1.09. The van der Waals surface area contributed by atoms with Gasteiger partial charge in [-0.25, -0.2) is 0 Å². The monoisotopic (exact) mass is 156 g/mol. The van der Waals surface area contributed by atoms with E-state index >= 15 is 0 Å². The van der Waals surface area contributed by atoms with E-state index < -0.39 is 0 Å². The van der Waals surface area contributed by atoms with Crippen molar-refractivity contribution in [3.05, 3.63) is 21.9 Å². The summed E-state index contributed by atoms with van der Waals surface area (Å²) in [7, 11) is 0. The van der Waals surface area contributed by atoms with Crippen LogP contribution in [-0.2, 0) is 0 Å². The molecule has 0 aliphatic heterocycles. The van der Waals surface area contributed by atoms with Crippen LogP contribution < -0.4 is 0 Å². The number of aryl methyl sites for hydroxylation is 2. The minimum absolute atomic E-state index is 1.25. The number of rotatable bonds is 0. The van der Waals surface area contributed by atoms with Crippen LogP contribution in [0, 0.1) is 13.8 Å². The number of hydrogen-bond acceptors (Lipinski definition) is 1. The van der Waals surface area contributed by atoms with Gasteiger partial charge in [-0.3, -0.25) is 0 Å². The van der Waals surface area contributed by atoms with Crippen LogP contribution in [-0.4, -0.2) is 0 Å². The fraction of sp³-hybridized carbons (Fsp3) is 0.556. The Labute approximate surface area is 67.9 Å². The Kier molecular flexibility index (Phi) is 5.32. The second-order valence-electron chi connectivity index (χ2n) is 2.37. The third-order valence-corrected chi connectivity index (χ3v) is 2.07. The van der Waals surface area contributed by atoms with Gasteiger partial charge in [-0.15, -0.1) is 11.3 Å². The number of hydrogen-bond donors (Lipinski definition) is 0. The average molecular weight is 156 g/mol. The van der Waals surface area contributed by atoms with Crippen molar-refractivity contribution in [1.82, 2.24) is 0 Å². The quantitative estimate of drug-likeness (QED) is 0.536. The minimum Gasteiger partial charge on any atom is -0.149 e. The van der Waals surface area contributed by atoms with E-state index in [9.17, 15) is 0 Å². The highest BCUT2D eigenvalue weighted by Crippen LogP contribution is 2.12. The minimum atomic E-state index is 1.25. The first-order chi connectivity index (χ1) is 4.72. The summed E-state index contributed by atoms with van der Waals surface area (Å²) in [6.07, 6.45) is 1.25. The van der Waals surface area contributed by atoms with E-state index in [0.717, 1.165) is 0 Å². The molecule has 0 aliphatic carbocycles. The summed E-state index contributed by atoms with van der Waals surface area (Å²) in [5.41, 5.74) is 1.41. The van der Waals surface area contributed by atoms with Gasteiger partial charge >= 0.3 is 0 Å². The van der Waals surface area contributed by atoms with Crippen molar-refractivity contribution in [2.75, 3.05) is 0 Å². The summed E-state index contributed by atoms with van der Waals surface area (Å²) >= 11 is 1.80. The van der Waals surface area contributed by atoms with E-state index in [2.05, 4.69) is 39.1 Å². The first kappa shape index (κ1) is 9.70. The van der Waals surface area contributed by atoms with Crippen LogP contribution in [0.25, 0.3) is 0 Å². The molecule has 0 saturated heterocycles. The van der Waals surface area contributed by atoms with Gasteiger partial charge in [0.05, 0.1) is 0 Å². The fourth-order valence-corrected chi connectivity index (χ4v) is 1.18. The molecule has 10 heavy (non-hydrogen) atoms. The van der Waals surface area contributed by atoms with Crippen molar-refractivity contribution >= 4 is 11.3 Å². The molecule has 58 valence electrons. The fourth-order valence-electron chi connectivity index (χ4n) is 0.448. The van der Waals surface area contributed by atoms with E-state index in [1.165, 1.54) is 16.9 Å². The van der Waals surface area contributed by atoms with Crippen molar-refractivity contribution in [1.29, 1.82) is 0 Å². The Hall–Kier alpha value is -0.300. The zero-order chi connectivity index (χ0) is 7.98. The van der Waals surface area contributed by atoms with Gasteiger partial charge in [-0.1, -0.05) is 20.3 Å². The third-order valence-electron chi connectivity index (χ3n) is 1.12. The van der Waals surface area contributed by atoms with Crippen molar-refractivity contribution < 1.29 is 0 Å². The van der Waals surface area contributed by atoms with Crippen LogP contribution >= 0.6 is 11.3 Å². The molecule has 0 unspecified atom stereocenters. The summed E-state index contributed by atoms with van der Waals surface area (Å²) in [6, 6.07) is 2.14. The van der Waals surface area contributed by atoms with Crippen molar-refractivity contribution in [2.45, 2.75) is 34.1 Å². The lowest BCUT2D eigenvalue weighted by Crippen LogP contribution is -1.61. The topological polar surface area (TPSA) is 0 Å². The first-order valence-electron chi connectivity index (χ1n) is 3.73. The molecule has 0 saturated carbocycles. The van der Waals surface area contributed by atoms with Gasteiger partial charge in [-0.2, -0.15) is 0 Å². The van der Waals surface area contributed by atoms with Gasteiger partial charge < -0.3 is 0 Å². The predicted octanol–water partition coefficient (Wildman–Crippen LogP) is 3.78. The molecule has 1 heterocycles. The molecule has 0 spiro atoms. The van der Waals surface area contributed by atoms with E-state index in [0.29, 0.717) is 0 Å². The van der Waals surface area contributed by atoms with Crippen LogP contribution in [0.5, 0.6) is 0 Å². The molecule has 0 aliphatic rings. The standard InChI is InChI=1S/C6H8S.C3H8/c1-5-3-4-7-6(5)2;1-3-2/h3-4H,1-2H3;3H2,1-2H3. The molecule has 0 atom stereocenters. The zero-order valence-corrected chi connectivity index (χ0v) is 8.09. The summed E-state index contributed by atoms with van der Waals surface area (Å²) < 4.78 is 0. The summed E-state index contributed by atoms with van der Waals surface area (Å²) in [5, 5.41) is 2.12. The molecule has 1 aromatic rings. The van der Waals surface area contributed by atoms with E-state index in [4.69, 9.17) is 0 Å². The lowest BCUT2D eigenvalue weighted by Gasteiger charge is -1.79. The molecule has 0 N–H and O–H groups in total. The Morgan fingerprint density at radius 3 is 1.90 bits per heavy atom. The SMILES string of the molecule is CCC.Cc1ccsc1C. The van der Waals surface area contributed by atoms with Gasteiger partial charge in [-0.05, 0) is 30.9 Å². The Morgan fingerprint density at radius 2 is 1.80 bits per heavy atom. The van der Waals surface area contributed by atoms with Gasteiger partial charge in [0.15, 0.2) is 0 Å². The van der Waals surface area contributed by atoms with Crippen LogP contribution in [0.4, 0.5) is 0 Å². The largest absolute Gasteiger partial charge is 0.149 e. The third kappa shape index (κ3) is 3.67. The normalized spacial score (nSPS) is 8.40. The maximum absolute atomic E-state index is 2.14. The van der Waals surface area contributed by atoms with Gasteiger partial charge in [0.1, 0.15) is 0 Å². The molecule has 1 heteroatoms. The second-order valence-corrected chi connectivity index (χ2v) is 3.49. The van der Waals surface area contributed by atoms with Crippen LogP contribution in [0.1, 0.15) is 30.7 Å². The summed E-state index contributed by atoms with van der Waals surface area (Å²) in [4.78, 5) is 1.43. The Bertz CT molecular complexity index is 148. The second kappa shape index (κ2) is 5.48. The van der Waals surface area contributed by atoms with Crippen molar-refractivity contribution in [2.24, 2.45) is 0 Å². The predicted molar refractivity (Wildman–Crippen MR) is 49.8 cm³/mol. The van der Waals surface area contributed by atoms with Crippen molar-refractivity contribution in [3.63, 3.8) is 0 Å². The van der Waals surface area contributed by atoms with E-state index in [1.54, 1.807) is 11.3 Å². The molecule has 1 aromatic heterocycles. The van der Waals surface area contributed by atoms with Crippen LogP contribution in [0.3, 0.4) is 0 Å². The van der Waals surface area contributed by atoms with Gasteiger partial charge in [0, 0.05) is 4.88 Å². The Balaban J connectivity index is 0.000000236. The first-order valence-corrected chi connectivity index (χ1v) is 4.61. The highest BCUT2D eigenvalue weighted by molar-refractivity contribution is 7.10. The average Bonchev–Trinajstić information content (AvgIpc) is 2.19. The highest BCUT2D eigenvalue weighted by Gasteiger charge is 1.87. The molecule has 0 amide bonds. The molecular weight excluding hydrogens is 140 g/mol. The molecule has 0 nitrogen and oxygen atoms in total. The molecule has 0 aromatic carbocycles. The summed E-state index contributed by atoms with van der Waals surface area (Å²) in [5.74, 6) is 0. The number of thiophene rings is 1.